The predicted octanol–water partition coefficient (Wildman–Crippen LogP) is 3.59. The van der Waals surface area contributed by atoms with Gasteiger partial charge < -0.3 is 9.64 Å². The van der Waals surface area contributed by atoms with Gasteiger partial charge in [-0.2, -0.15) is 0 Å². The molecular weight excluding hydrogens is 320 g/mol. The Balaban J connectivity index is 1.45. The van der Waals surface area contributed by atoms with Crippen LogP contribution in [-0.4, -0.2) is 41.6 Å². The summed E-state index contributed by atoms with van der Waals surface area (Å²) in [5.41, 5.74) is 0.793. The maximum atomic E-state index is 12.6. The van der Waals surface area contributed by atoms with E-state index in [4.69, 9.17) is 16.3 Å². The minimum Gasteiger partial charge on any atom is -0.376 e. The Hall–Kier alpha value is -1.17. The molecule has 0 radical (unpaired) electrons. The molecule has 0 aromatic carbocycles. The summed E-state index contributed by atoms with van der Waals surface area (Å²) in [7, 11) is 0. The molecule has 2 fully saturated rings. The van der Waals surface area contributed by atoms with Gasteiger partial charge in [0.2, 0.25) is 0 Å². The summed E-state index contributed by atoms with van der Waals surface area (Å²) in [5, 5.41) is 0.654. The molecular formula is C16H17ClN2O2S. The molecule has 0 N–H and O–H groups in total. The summed E-state index contributed by atoms with van der Waals surface area (Å²) in [6.45, 7) is 2.32. The number of nitrogens with zero attached hydrogens (tertiary/aromatic N) is 2. The highest BCUT2D eigenvalue weighted by molar-refractivity contribution is 7.21. The fourth-order valence-corrected chi connectivity index (χ4v) is 4.03. The summed E-state index contributed by atoms with van der Waals surface area (Å²) < 4.78 is 6.78. The maximum absolute atomic E-state index is 12.6. The van der Waals surface area contributed by atoms with Crippen LogP contribution in [-0.2, 0) is 4.74 Å². The van der Waals surface area contributed by atoms with Gasteiger partial charge in [-0.3, -0.25) is 9.78 Å². The highest BCUT2D eigenvalue weighted by atomic mass is 35.5. The van der Waals surface area contributed by atoms with E-state index in [1.165, 1.54) is 24.2 Å². The monoisotopic (exact) mass is 336 g/mol. The molecule has 0 bridgehead atoms. The first-order valence-electron chi connectivity index (χ1n) is 7.65. The first-order chi connectivity index (χ1) is 10.7. The van der Waals surface area contributed by atoms with E-state index in [2.05, 4.69) is 4.98 Å². The number of likely N-dealkylation sites (tertiary alicyclic amines) is 1. The van der Waals surface area contributed by atoms with Crippen molar-refractivity contribution in [2.75, 3.05) is 19.7 Å². The van der Waals surface area contributed by atoms with Crippen molar-refractivity contribution in [1.29, 1.82) is 0 Å². The molecule has 1 saturated heterocycles. The predicted molar refractivity (Wildman–Crippen MR) is 87.6 cm³/mol. The number of hydrogen-bond donors (Lipinski definition) is 0. The average Bonchev–Trinajstić information content (AvgIpc) is 3.05. The number of halogens is 1. The fraction of sp³-hybridized carbons (Fsp3) is 0.500. The second-order valence-corrected chi connectivity index (χ2v) is 7.52. The van der Waals surface area contributed by atoms with Crippen molar-refractivity contribution in [3.05, 3.63) is 28.2 Å². The van der Waals surface area contributed by atoms with Crippen molar-refractivity contribution in [3.8, 4) is 0 Å². The Morgan fingerprint density at radius 3 is 3.09 bits per heavy atom. The maximum Gasteiger partial charge on any atom is 0.264 e. The molecule has 4 rings (SSSR count). The van der Waals surface area contributed by atoms with Gasteiger partial charge >= 0.3 is 0 Å². The molecule has 6 heteroatoms. The van der Waals surface area contributed by atoms with E-state index in [1.54, 1.807) is 12.3 Å². The molecule has 1 unspecified atom stereocenters. The molecule has 3 heterocycles. The molecule has 0 spiro atoms. The first-order valence-corrected chi connectivity index (χ1v) is 8.85. The number of carbonyl (C=O) groups is 1. The van der Waals surface area contributed by atoms with E-state index >= 15 is 0 Å². The van der Waals surface area contributed by atoms with Crippen LogP contribution in [0.4, 0.5) is 0 Å². The number of pyridine rings is 1. The number of aromatic nitrogens is 1. The van der Waals surface area contributed by atoms with E-state index < -0.39 is 0 Å². The van der Waals surface area contributed by atoms with Gasteiger partial charge in [-0.1, -0.05) is 11.6 Å². The Labute approximate surface area is 138 Å². The van der Waals surface area contributed by atoms with Gasteiger partial charge in [-0.25, -0.2) is 0 Å². The SMILES string of the molecule is O=C(c1cc2nccc(Cl)c2s1)N1CCC(OCC2CC2)C1. The third-order valence-corrected chi connectivity index (χ3v) is 5.84. The van der Waals surface area contributed by atoms with Crippen LogP contribution in [0.1, 0.15) is 28.9 Å². The lowest BCUT2D eigenvalue weighted by Gasteiger charge is -2.15. The molecule has 1 saturated carbocycles. The van der Waals surface area contributed by atoms with Gasteiger partial charge in [0.15, 0.2) is 0 Å². The minimum atomic E-state index is 0.0663. The summed E-state index contributed by atoms with van der Waals surface area (Å²) in [6, 6.07) is 3.60. The number of ether oxygens (including phenoxy) is 1. The summed E-state index contributed by atoms with van der Waals surface area (Å²) >= 11 is 7.58. The Morgan fingerprint density at radius 2 is 2.32 bits per heavy atom. The molecule has 1 amide bonds. The van der Waals surface area contributed by atoms with Gasteiger partial charge in [0.1, 0.15) is 0 Å². The molecule has 22 heavy (non-hydrogen) atoms. The van der Waals surface area contributed by atoms with E-state index in [-0.39, 0.29) is 12.0 Å². The summed E-state index contributed by atoms with van der Waals surface area (Å²) in [6.07, 6.45) is 5.39. The summed E-state index contributed by atoms with van der Waals surface area (Å²) in [5.74, 6) is 0.831. The van der Waals surface area contributed by atoms with E-state index in [0.717, 1.165) is 35.7 Å². The van der Waals surface area contributed by atoms with Gasteiger partial charge in [0.25, 0.3) is 5.91 Å². The van der Waals surface area contributed by atoms with Crippen LogP contribution in [0.15, 0.2) is 18.3 Å². The van der Waals surface area contributed by atoms with E-state index in [1.807, 2.05) is 11.0 Å². The van der Waals surface area contributed by atoms with Gasteiger partial charge in [0, 0.05) is 25.9 Å². The molecule has 2 aliphatic rings. The fourth-order valence-electron chi connectivity index (χ4n) is 2.77. The molecule has 4 nitrogen and oxygen atoms in total. The van der Waals surface area contributed by atoms with E-state index in [0.29, 0.717) is 16.4 Å². The minimum absolute atomic E-state index is 0.0663. The van der Waals surface area contributed by atoms with Crippen molar-refractivity contribution in [2.45, 2.75) is 25.4 Å². The Morgan fingerprint density at radius 1 is 1.45 bits per heavy atom. The number of rotatable bonds is 4. The summed E-state index contributed by atoms with van der Waals surface area (Å²) in [4.78, 5) is 19.5. The first kappa shape index (κ1) is 14.4. The quantitative estimate of drug-likeness (QED) is 0.856. The van der Waals surface area contributed by atoms with Crippen LogP contribution in [0.2, 0.25) is 5.02 Å². The van der Waals surface area contributed by atoms with Crippen LogP contribution in [0.3, 0.4) is 0 Å². The molecule has 1 aliphatic heterocycles. The molecule has 1 aliphatic carbocycles. The van der Waals surface area contributed by atoms with Crippen LogP contribution < -0.4 is 0 Å². The lowest BCUT2D eigenvalue weighted by atomic mass is 10.3. The van der Waals surface area contributed by atoms with Crippen molar-refractivity contribution in [2.24, 2.45) is 5.92 Å². The molecule has 116 valence electrons. The topological polar surface area (TPSA) is 42.4 Å². The van der Waals surface area contributed by atoms with Crippen molar-refractivity contribution >= 4 is 39.1 Å². The number of carbonyl (C=O) groups excluding carboxylic acids is 1. The zero-order valence-corrected chi connectivity index (χ0v) is 13.7. The van der Waals surface area contributed by atoms with Crippen LogP contribution in [0.25, 0.3) is 10.2 Å². The average molecular weight is 337 g/mol. The van der Waals surface area contributed by atoms with Crippen LogP contribution in [0, 0.1) is 5.92 Å². The Kier molecular flexibility index (Phi) is 3.80. The zero-order valence-electron chi connectivity index (χ0n) is 12.1. The Bertz CT molecular complexity index is 713. The smallest absolute Gasteiger partial charge is 0.264 e. The van der Waals surface area contributed by atoms with Crippen molar-refractivity contribution < 1.29 is 9.53 Å². The normalized spacial score (nSPS) is 21.7. The third-order valence-electron chi connectivity index (χ3n) is 4.27. The van der Waals surface area contributed by atoms with Crippen molar-refractivity contribution in [1.82, 2.24) is 9.88 Å². The van der Waals surface area contributed by atoms with Gasteiger partial charge in [-0.15, -0.1) is 11.3 Å². The van der Waals surface area contributed by atoms with Gasteiger partial charge in [0.05, 0.1) is 26.2 Å². The lowest BCUT2D eigenvalue weighted by Crippen LogP contribution is -2.29. The van der Waals surface area contributed by atoms with Crippen LogP contribution >= 0.6 is 22.9 Å². The highest BCUT2D eigenvalue weighted by Gasteiger charge is 2.30. The molecule has 1 atom stereocenters. The molecule has 2 aromatic rings. The number of amides is 1. The zero-order chi connectivity index (χ0) is 15.1. The second-order valence-electron chi connectivity index (χ2n) is 6.06. The number of fused-ring (bicyclic) bond motifs is 1. The van der Waals surface area contributed by atoms with Gasteiger partial charge in [-0.05, 0) is 37.3 Å². The van der Waals surface area contributed by atoms with E-state index in [9.17, 15) is 4.79 Å². The van der Waals surface area contributed by atoms with Crippen LogP contribution in [0.5, 0.6) is 0 Å². The van der Waals surface area contributed by atoms with Crippen molar-refractivity contribution in [3.63, 3.8) is 0 Å². The lowest BCUT2D eigenvalue weighted by molar-refractivity contribution is 0.0482. The number of hydrogen-bond acceptors (Lipinski definition) is 4. The highest BCUT2D eigenvalue weighted by Crippen LogP contribution is 2.32. The molecule has 2 aromatic heterocycles. The largest absolute Gasteiger partial charge is 0.376 e. The third kappa shape index (κ3) is 2.85. The second kappa shape index (κ2) is 5.80. The number of thiophene rings is 1. The standard InChI is InChI=1S/C16H17ClN2O2S/c17-12-3-5-18-13-7-14(22-15(12)13)16(20)19-6-4-11(8-19)21-9-10-1-2-10/h3,5,7,10-11H,1-2,4,6,8-9H2.